The van der Waals surface area contributed by atoms with E-state index in [2.05, 4.69) is 4.99 Å². The van der Waals surface area contributed by atoms with E-state index in [0.717, 1.165) is 31.7 Å². The first kappa shape index (κ1) is 12.8. The number of aliphatic imine (C=N–C) groups is 1. The van der Waals surface area contributed by atoms with Crippen LogP contribution in [0.5, 0.6) is 0 Å². The third-order valence-electron chi connectivity index (χ3n) is 4.05. The van der Waals surface area contributed by atoms with E-state index < -0.39 is 5.92 Å². The van der Waals surface area contributed by atoms with E-state index >= 15 is 0 Å². The van der Waals surface area contributed by atoms with Gasteiger partial charge in [0.05, 0.1) is 7.11 Å². The molecule has 2 nitrogen and oxygen atoms in total. The van der Waals surface area contributed by atoms with Gasteiger partial charge in [0.25, 0.3) is 0 Å². The van der Waals surface area contributed by atoms with Crippen molar-refractivity contribution in [3.63, 3.8) is 0 Å². The molecule has 17 heavy (non-hydrogen) atoms. The highest BCUT2D eigenvalue weighted by molar-refractivity contribution is 5.79. The van der Waals surface area contributed by atoms with Crippen molar-refractivity contribution in [2.75, 3.05) is 13.7 Å². The summed E-state index contributed by atoms with van der Waals surface area (Å²) in [5.41, 5.74) is 0. The summed E-state index contributed by atoms with van der Waals surface area (Å²) >= 11 is 0. The summed E-state index contributed by atoms with van der Waals surface area (Å²) in [6.45, 7) is 0.822. The van der Waals surface area contributed by atoms with Gasteiger partial charge in [-0.05, 0) is 31.6 Å². The number of halogens is 2. The van der Waals surface area contributed by atoms with Gasteiger partial charge in [-0.2, -0.15) is 0 Å². The molecular formula is C13H21F2NO. The summed E-state index contributed by atoms with van der Waals surface area (Å²) in [6.07, 6.45) is 4.56. The lowest BCUT2D eigenvalue weighted by molar-refractivity contribution is -0.0502. The summed E-state index contributed by atoms with van der Waals surface area (Å²) < 4.78 is 31.6. The Morgan fingerprint density at radius 1 is 1.18 bits per heavy atom. The molecule has 1 unspecified atom stereocenters. The molecular weight excluding hydrogens is 224 g/mol. The number of rotatable bonds is 1. The Labute approximate surface area is 101 Å². The quantitative estimate of drug-likeness (QED) is 0.691. The Bertz CT molecular complexity index is 281. The van der Waals surface area contributed by atoms with Crippen LogP contribution in [0.2, 0.25) is 0 Å². The molecule has 0 saturated heterocycles. The van der Waals surface area contributed by atoms with Crippen molar-refractivity contribution >= 4 is 5.90 Å². The van der Waals surface area contributed by atoms with E-state index in [9.17, 15) is 8.78 Å². The minimum absolute atomic E-state index is 0.0329. The Kier molecular flexibility index (Phi) is 4.00. The van der Waals surface area contributed by atoms with Crippen molar-refractivity contribution in [2.45, 2.75) is 50.9 Å². The number of alkyl halides is 2. The molecule has 0 amide bonds. The van der Waals surface area contributed by atoms with Gasteiger partial charge in [0.1, 0.15) is 0 Å². The molecule has 0 aromatic heterocycles. The minimum atomic E-state index is -2.44. The smallest absolute Gasteiger partial charge is 0.248 e. The third kappa shape index (κ3) is 3.17. The molecule has 2 aliphatic rings. The van der Waals surface area contributed by atoms with Crippen LogP contribution in [-0.4, -0.2) is 25.5 Å². The molecule has 0 spiro atoms. The molecule has 4 heteroatoms. The van der Waals surface area contributed by atoms with Crippen LogP contribution in [0.4, 0.5) is 8.78 Å². The van der Waals surface area contributed by atoms with Crippen LogP contribution in [0.3, 0.4) is 0 Å². The van der Waals surface area contributed by atoms with Gasteiger partial charge >= 0.3 is 0 Å². The second-order valence-corrected chi connectivity index (χ2v) is 5.22. The molecule has 1 fully saturated rings. The monoisotopic (exact) mass is 245 g/mol. The first-order valence-corrected chi connectivity index (χ1v) is 6.58. The van der Waals surface area contributed by atoms with Crippen LogP contribution in [0, 0.1) is 11.8 Å². The average molecular weight is 245 g/mol. The Morgan fingerprint density at radius 2 is 1.88 bits per heavy atom. The van der Waals surface area contributed by atoms with Gasteiger partial charge in [0.15, 0.2) is 5.90 Å². The van der Waals surface area contributed by atoms with Crippen LogP contribution in [0.1, 0.15) is 44.9 Å². The van der Waals surface area contributed by atoms with E-state index in [1.165, 1.54) is 0 Å². The van der Waals surface area contributed by atoms with Crippen LogP contribution < -0.4 is 0 Å². The van der Waals surface area contributed by atoms with Crippen LogP contribution in [-0.2, 0) is 4.74 Å². The fourth-order valence-electron chi connectivity index (χ4n) is 3.02. The normalized spacial score (nSPS) is 30.5. The fraction of sp³-hybridized carbons (Fsp3) is 0.923. The lowest BCUT2D eigenvalue weighted by atomic mass is 9.76. The Balaban J connectivity index is 2.00. The van der Waals surface area contributed by atoms with Crippen molar-refractivity contribution in [1.82, 2.24) is 0 Å². The maximum Gasteiger partial charge on any atom is 0.248 e. The second kappa shape index (κ2) is 5.32. The molecule has 2 rings (SSSR count). The van der Waals surface area contributed by atoms with Gasteiger partial charge in [0.2, 0.25) is 5.92 Å². The number of ether oxygens (including phenoxy) is 1. The highest BCUT2D eigenvalue weighted by Crippen LogP contribution is 2.41. The molecule has 0 bridgehead atoms. The van der Waals surface area contributed by atoms with Crippen molar-refractivity contribution in [3.05, 3.63) is 0 Å². The topological polar surface area (TPSA) is 21.6 Å². The summed E-state index contributed by atoms with van der Waals surface area (Å²) in [4.78, 5) is 4.44. The molecule has 1 aliphatic heterocycles. The summed E-state index contributed by atoms with van der Waals surface area (Å²) in [5.74, 6) is -1.02. The highest BCUT2D eigenvalue weighted by Gasteiger charge is 2.39. The maximum atomic E-state index is 13.1. The van der Waals surface area contributed by atoms with Gasteiger partial charge < -0.3 is 4.74 Å². The van der Waals surface area contributed by atoms with Crippen molar-refractivity contribution in [3.8, 4) is 0 Å². The molecule has 98 valence electrons. The molecule has 0 aromatic carbocycles. The summed E-state index contributed by atoms with van der Waals surface area (Å²) in [5, 5.41) is 0. The fourth-order valence-corrected chi connectivity index (χ4v) is 3.02. The summed E-state index contributed by atoms with van der Waals surface area (Å²) in [6, 6.07) is 0. The van der Waals surface area contributed by atoms with E-state index in [1.54, 1.807) is 7.11 Å². The van der Waals surface area contributed by atoms with Gasteiger partial charge in [-0.3, -0.25) is 4.99 Å². The largest absolute Gasteiger partial charge is 0.484 e. The summed E-state index contributed by atoms with van der Waals surface area (Å²) in [7, 11) is 1.65. The Morgan fingerprint density at radius 3 is 2.53 bits per heavy atom. The minimum Gasteiger partial charge on any atom is -0.484 e. The molecule has 1 atom stereocenters. The number of hydrogen-bond donors (Lipinski definition) is 0. The van der Waals surface area contributed by atoms with E-state index in [4.69, 9.17) is 4.74 Å². The molecule has 1 saturated carbocycles. The molecule has 0 N–H and O–H groups in total. The van der Waals surface area contributed by atoms with Gasteiger partial charge in [-0.25, -0.2) is 8.78 Å². The number of nitrogens with zero attached hydrogens (tertiary/aromatic N) is 1. The SMILES string of the molecule is COC1=NCCCCC1C1CCC(F)(F)CC1. The molecule has 0 radical (unpaired) electrons. The third-order valence-corrected chi connectivity index (χ3v) is 4.05. The zero-order valence-corrected chi connectivity index (χ0v) is 10.4. The zero-order valence-electron chi connectivity index (χ0n) is 10.4. The van der Waals surface area contributed by atoms with Crippen molar-refractivity contribution in [1.29, 1.82) is 0 Å². The standard InChI is InChI=1S/C13H21F2NO/c1-17-12-11(4-2-3-9-16-12)10-5-7-13(14,15)8-6-10/h10-11H,2-9H2,1H3. The molecule has 0 aromatic rings. The Hall–Kier alpha value is -0.670. The van der Waals surface area contributed by atoms with Crippen LogP contribution in [0.15, 0.2) is 4.99 Å². The first-order chi connectivity index (χ1) is 8.12. The predicted octanol–water partition coefficient (Wildman–Crippen LogP) is 3.66. The predicted molar refractivity (Wildman–Crippen MR) is 63.6 cm³/mol. The van der Waals surface area contributed by atoms with Gasteiger partial charge in [-0.15, -0.1) is 0 Å². The van der Waals surface area contributed by atoms with Gasteiger partial charge in [-0.1, -0.05) is 6.42 Å². The first-order valence-electron chi connectivity index (χ1n) is 6.58. The second-order valence-electron chi connectivity index (χ2n) is 5.22. The lowest BCUT2D eigenvalue weighted by Crippen LogP contribution is -2.32. The maximum absolute atomic E-state index is 13.1. The zero-order chi connectivity index (χ0) is 12.3. The van der Waals surface area contributed by atoms with E-state index in [0.29, 0.717) is 18.8 Å². The van der Waals surface area contributed by atoms with Crippen LogP contribution in [0.25, 0.3) is 0 Å². The molecule has 1 aliphatic carbocycles. The van der Waals surface area contributed by atoms with E-state index in [1.807, 2.05) is 0 Å². The number of hydrogen-bond acceptors (Lipinski definition) is 2. The highest BCUT2D eigenvalue weighted by atomic mass is 19.3. The molecule has 1 heterocycles. The van der Waals surface area contributed by atoms with Crippen LogP contribution >= 0.6 is 0 Å². The van der Waals surface area contributed by atoms with Crippen molar-refractivity contribution < 1.29 is 13.5 Å². The average Bonchev–Trinajstić information content (AvgIpc) is 2.54. The van der Waals surface area contributed by atoms with Crippen molar-refractivity contribution in [2.24, 2.45) is 16.8 Å². The van der Waals surface area contributed by atoms with E-state index in [-0.39, 0.29) is 18.8 Å². The lowest BCUT2D eigenvalue weighted by Gasteiger charge is -2.33. The number of methoxy groups -OCH3 is 1. The van der Waals surface area contributed by atoms with Gasteiger partial charge in [0, 0.05) is 25.3 Å².